The predicted molar refractivity (Wildman–Crippen MR) is 132 cm³/mol. The number of benzene rings is 2. The molecule has 3 rings (SSSR count). The van der Waals surface area contributed by atoms with Crippen LogP contribution < -0.4 is 10.1 Å². The van der Waals surface area contributed by atoms with E-state index in [1.54, 1.807) is 12.0 Å². The first kappa shape index (κ1) is 24.6. The molecule has 1 N–H and O–H groups in total. The molecule has 1 aliphatic rings. The van der Waals surface area contributed by atoms with E-state index in [-0.39, 0.29) is 17.7 Å². The van der Waals surface area contributed by atoms with Gasteiger partial charge in [0.2, 0.25) is 11.8 Å². The van der Waals surface area contributed by atoms with E-state index in [2.05, 4.69) is 11.4 Å². The number of allylic oxidation sites excluding steroid dienone is 1. The Kier molecular flexibility index (Phi) is 9.11. The normalized spacial score (nSPS) is 14.4. The number of rotatable bonds is 10. The van der Waals surface area contributed by atoms with Gasteiger partial charge in [-0.25, -0.2) is 0 Å². The Morgan fingerprint density at radius 1 is 1.03 bits per heavy atom. The van der Waals surface area contributed by atoms with Crippen molar-refractivity contribution >= 4 is 11.8 Å². The van der Waals surface area contributed by atoms with E-state index in [1.807, 2.05) is 68.4 Å². The predicted octanol–water partition coefficient (Wildman–Crippen LogP) is 5.43. The zero-order valence-electron chi connectivity index (χ0n) is 20.0. The van der Waals surface area contributed by atoms with Gasteiger partial charge in [0, 0.05) is 19.0 Å². The lowest BCUT2D eigenvalue weighted by Crippen LogP contribution is -2.45. The Morgan fingerprint density at radius 3 is 2.36 bits per heavy atom. The average Bonchev–Trinajstić information content (AvgIpc) is 2.85. The second kappa shape index (κ2) is 12.2. The lowest BCUT2D eigenvalue weighted by Gasteiger charge is -2.33. The Labute approximate surface area is 197 Å². The monoisotopic (exact) mass is 448 g/mol. The lowest BCUT2D eigenvalue weighted by molar-refractivity contribution is -0.144. The number of hydrogen-bond donors (Lipinski definition) is 1. The Hall–Kier alpha value is -3.08. The fourth-order valence-corrected chi connectivity index (χ4v) is 4.24. The standard InChI is InChI=1S/C28H36N2O3/c1-21(2)28(32)30(20-23-14-16-25(33-3)17-15-23)26(24-12-8-5-9-13-24)27(31)29-19-18-22-10-6-4-7-11-22/h5,8-10,12-17,21,26H,4,6-7,11,18-20H2,1-3H3,(H,29,31)/t26-/m1/s1. The highest BCUT2D eigenvalue weighted by Gasteiger charge is 2.32. The van der Waals surface area contributed by atoms with Crippen LogP contribution in [0, 0.1) is 5.92 Å². The molecule has 0 aromatic heterocycles. The third-order valence-corrected chi connectivity index (χ3v) is 6.09. The summed E-state index contributed by atoms with van der Waals surface area (Å²) in [5, 5.41) is 3.11. The molecule has 0 heterocycles. The summed E-state index contributed by atoms with van der Waals surface area (Å²) in [5.41, 5.74) is 3.19. The molecule has 0 spiro atoms. The zero-order valence-corrected chi connectivity index (χ0v) is 20.0. The summed E-state index contributed by atoms with van der Waals surface area (Å²) in [4.78, 5) is 28.5. The molecule has 33 heavy (non-hydrogen) atoms. The summed E-state index contributed by atoms with van der Waals surface area (Å²) < 4.78 is 5.26. The molecule has 1 aliphatic carbocycles. The molecule has 1 atom stereocenters. The largest absolute Gasteiger partial charge is 0.497 e. The number of amides is 2. The minimum Gasteiger partial charge on any atom is -0.497 e. The lowest BCUT2D eigenvalue weighted by atomic mass is 9.97. The van der Waals surface area contributed by atoms with Gasteiger partial charge in [-0.3, -0.25) is 9.59 Å². The minimum atomic E-state index is -0.691. The molecule has 0 fully saturated rings. The second-order valence-corrected chi connectivity index (χ2v) is 8.93. The third kappa shape index (κ3) is 6.95. The number of carbonyl (C=O) groups excluding carboxylic acids is 2. The van der Waals surface area contributed by atoms with Gasteiger partial charge in [-0.2, -0.15) is 0 Å². The third-order valence-electron chi connectivity index (χ3n) is 6.09. The summed E-state index contributed by atoms with van der Waals surface area (Å²) in [7, 11) is 1.63. The fraction of sp³-hybridized carbons (Fsp3) is 0.429. The Bertz CT molecular complexity index is 935. The van der Waals surface area contributed by atoms with Crippen LogP contribution in [0.3, 0.4) is 0 Å². The van der Waals surface area contributed by atoms with Crippen LogP contribution >= 0.6 is 0 Å². The van der Waals surface area contributed by atoms with Crippen LogP contribution in [0.1, 0.15) is 63.1 Å². The number of carbonyl (C=O) groups is 2. The first-order valence-corrected chi connectivity index (χ1v) is 11.9. The molecule has 2 aromatic rings. The average molecular weight is 449 g/mol. The van der Waals surface area contributed by atoms with Gasteiger partial charge in [-0.15, -0.1) is 0 Å². The van der Waals surface area contributed by atoms with Crippen molar-refractivity contribution in [2.24, 2.45) is 5.92 Å². The van der Waals surface area contributed by atoms with Crippen LogP contribution in [0.25, 0.3) is 0 Å². The number of nitrogens with zero attached hydrogens (tertiary/aromatic N) is 1. The molecule has 5 heteroatoms. The summed E-state index contributed by atoms with van der Waals surface area (Å²) >= 11 is 0. The molecule has 0 unspecified atom stereocenters. The van der Waals surface area contributed by atoms with Crippen molar-refractivity contribution in [1.82, 2.24) is 10.2 Å². The molecule has 2 aromatic carbocycles. The van der Waals surface area contributed by atoms with E-state index < -0.39 is 6.04 Å². The van der Waals surface area contributed by atoms with Crippen LogP contribution in [-0.2, 0) is 16.1 Å². The highest BCUT2D eigenvalue weighted by Crippen LogP contribution is 2.26. The summed E-state index contributed by atoms with van der Waals surface area (Å²) in [6.07, 6.45) is 7.91. The van der Waals surface area contributed by atoms with E-state index in [4.69, 9.17) is 4.74 Å². The minimum absolute atomic E-state index is 0.0511. The Morgan fingerprint density at radius 2 is 1.76 bits per heavy atom. The number of ether oxygens (including phenoxy) is 1. The summed E-state index contributed by atoms with van der Waals surface area (Å²) in [6, 6.07) is 16.5. The van der Waals surface area contributed by atoms with Crippen LogP contribution in [0.15, 0.2) is 66.2 Å². The van der Waals surface area contributed by atoms with Gasteiger partial charge in [0.15, 0.2) is 0 Å². The van der Waals surface area contributed by atoms with Gasteiger partial charge in [0.25, 0.3) is 0 Å². The quantitative estimate of drug-likeness (QED) is 0.493. The van der Waals surface area contributed by atoms with Crippen molar-refractivity contribution in [2.45, 2.75) is 58.5 Å². The van der Waals surface area contributed by atoms with Gasteiger partial charge in [-0.05, 0) is 55.4 Å². The number of nitrogens with one attached hydrogen (secondary N) is 1. The summed E-state index contributed by atoms with van der Waals surface area (Å²) in [6.45, 7) is 4.68. The van der Waals surface area contributed by atoms with Gasteiger partial charge < -0.3 is 15.0 Å². The molecule has 2 amide bonds. The SMILES string of the molecule is COc1ccc(CN(C(=O)C(C)C)[C@@H](C(=O)NCCC2=CCCCC2)c2ccccc2)cc1. The van der Waals surface area contributed by atoms with Crippen molar-refractivity contribution in [3.05, 3.63) is 77.4 Å². The van der Waals surface area contributed by atoms with Crippen molar-refractivity contribution in [3.63, 3.8) is 0 Å². The van der Waals surface area contributed by atoms with E-state index >= 15 is 0 Å². The van der Waals surface area contributed by atoms with Crippen molar-refractivity contribution < 1.29 is 14.3 Å². The first-order chi connectivity index (χ1) is 16.0. The Balaban J connectivity index is 1.84. The number of methoxy groups -OCH3 is 1. The van der Waals surface area contributed by atoms with Gasteiger partial charge >= 0.3 is 0 Å². The molecule has 0 saturated heterocycles. The van der Waals surface area contributed by atoms with E-state index in [9.17, 15) is 9.59 Å². The first-order valence-electron chi connectivity index (χ1n) is 11.9. The maximum atomic E-state index is 13.5. The van der Waals surface area contributed by atoms with Gasteiger partial charge in [0.05, 0.1) is 7.11 Å². The van der Waals surface area contributed by atoms with Crippen LogP contribution in [0.4, 0.5) is 0 Å². The van der Waals surface area contributed by atoms with E-state index in [1.165, 1.54) is 18.4 Å². The van der Waals surface area contributed by atoms with Gasteiger partial charge in [-0.1, -0.05) is 68.0 Å². The van der Waals surface area contributed by atoms with Crippen molar-refractivity contribution in [2.75, 3.05) is 13.7 Å². The smallest absolute Gasteiger partial charge is 0.247 e. The molecule has 5 nitrogen and oxygen atoms in total. The maximum absolute atomic E-state index is 13.5. The highest BCUT2D eigenvalue weighted by molar-refractivity contribution is 5.89. The molecule has 0 saturated carbocycles. The molecular weight excluding hydrogens is 412 g/mol. The fourth-order valence-electron chi connectivity index (χ4n) is 4.24. The van der Waals surface area contributed by atoms with Crippen molar-refractivity contribution in [1.29, 1.82) is 0 Å². The van der Waals surface area contributed by atoms with Crippen molar-refractivity contribution in [3.8, 4) is 5.75 Å². The molecular formula is C28H36N2O3. The van der Waals surface area contributed by atoms with E-state index in [0.717, 1.165) is 36.1 Å². The molecule has 0 radical (unpaired) electrons. The highest BCUT2D eigenvalue weighted by atomic mass is 16.5. The molecule has 176 valence electrons. The van der Waals surface area contributed by atoms with E-state index in [0.29, 0.717) is 13.1 Å². The topological polar surface area (TPSA) is 58.6 Å². The van der Waals surface area contributed by atoms with Crippen LogP contribution in [0.2, 0.25) is 0 Å². The zero-order chi connectivity index (χ0) is 23.6. The number of hydrogen-bond acceptors (Lipinski definition) is 3. The van der Waals surface area contributed by atoms with Crippen LogP contribution in [-0.4, -0.2) is 30.4 Å². The second-order valence-electron chi connectivity index (χ2n) is 8.93. The summed E-state index contributed by atoms with van der Waals surface area (Å²) in [5.74, 6) is 0.342. The molecule has 0 aliphatic heterocycles. The molecule has 0 bridgehead atoms. The van der Waals surface area contributed by atoms with Crippen LogP contribution in [0.5, 0.6) is 5.75 Å². The maximum Gasteiger partial charge on any atom is 0.247 e. The van der Waals surface area contributed by atoms with Gasteiger partial charge in [0.1, 0.15) is 11.8 Å².